The number of carbonyl (C=O) groups excluding carboxylic acids is 2. The topological polar surface area (TPSA) is 119 Å². The maximum atomic E-state index is 11.7. The van der Waals surface area contributed by atoms with Crippen molar-refractivity contribution < 1.29 is 24.4 Å². The van der Waals surface area contributed by atoms with Crippen LogP contribution in [0, 0.1) is 10.1 Å². The number of hydrogen-bond donors (Lipinski definition) is 2. The van der Waals surface area contributed by atoms with Crippen LogP contribution < -0.4 is 5.32 Å². The summed E-state index contributed by atoms with van der Waals surface area (Å²) in [6, 6.07) is 3.14. The molecule has 0 saturated heterocycles. The van der Waals surface area contributed by atoms with Crippen molar-refractivity contribution >= 4 is 17.6 Å². The summed E-state index contributed by atoms with van der Waals surface area (Å²) in [5.74, 6) is -1.51. The lowest BCUT2D eigenvalue weighted by Crippen LogP contribution is -2.27. The molecule has 0 atom stereocenters. The van der Waals surface area contributed by atoms with Crippen LogP contribution >= 0.6 is 0 Å². The molecule has 8 heteroatoms. The van der Waals surface area contributed by atoms with Crippen molar-refractivity contribution in [2.24, 2.45) is 0 Å². The molecule has 1 rings (SSSR count). The third-order valence-electron chi connectivity index (χ3n) is 2.26. The Morgan fingerprint density at radius 2 is 2.16 bits per heavy atom. The van der Waals surface area contributed by atoms with Gasteiger partial charge >= 0.3 is 5.97 Å². The Morgan fingerprint density at radius 3 is 2.74 bits per heavy atom. The number of aromatic hydroxyl groups is 1. The minimum Gasteiger partial charge on any atom is -0.508 e. The van der Waals surface area contributed by atoms with Crippen molar-refractivity contribution in [1.82, 2.24) is 5.32 Å². The van der Waals surface area contributed by atoms with E-state index in [0.29, 0.717) is 0 Å². The van der Waals surface area contributed by atoms with Crippen LogP contribution in [0.1, 0.15) is 16.8 Å². The third-order valence-corrected chi connectivity index (χ3v) is 2.26. The molecule has 1 aromatic carbocycles. The molecule has 102 valence electrons. The molecular formula is C11H12N2O6. The fourth-order valence-corrected chi connectivity index (χ4v) is 1.34. The highest BCUT2D eigenvalue weighted by Gasteiger charge is 2.20. The summed E-state index contributed by atoms with van der Waals surface area (Å²) in [6.45, 7) is -0.0156. The highest BCUT2D eigenvalue weighted by atomic mass is 16.6. The Bertz CT molecular complexity index is 514. The summed E-state index contributed by atoms with van der Waals surface area (Å²) in [5.41, 5.74) is -0.691. The molecule has 8 nitrogen and oxygen atoms in total. The normalized spacial score (nSPS) is 9.74. The van der Waals surface area contributed by atoms with Gasteiger partial charge in [-0.05, 0) is 12.1 Å². The number of esters is 1. The number of amides is 1. The van der Waals surface area contributed by atoms with E-state index in [4.69, 9.17) is 0 Å². The van der Waals surface area contributed by atoms with Crippen molar-refractivity contribution in [1.29, 1.82) is 0 Å². The molecule has 19 heavy (non-hydrogen) atoms. The van der Waals surface area contributed by atoms with E-state index in [9.17, 15) is 24.8 Å². The van der Waals surface area contributed by atoms with Crippen LogP contribution in [0.3, 0.4) is 0 Å². The number of nitrogens with one attached hydrogen (secondary N) is 1. The SMILES string of the molecule is COC(=O)CCNC(=O)c1cc(O)ccc1[N+](=O)[O-]. The molecular weight excluding hydrogens is 256 g/mol. The van der Waals surface area contributed by atoms with Gasteiger partial charge in [-0.15, -0.1) is 0 Å². The lowest BCUT2D eigenvalue weighted by molar-refractivity contribution is -0.385. The van der Waals surface area contributed by atoms with Crippen molar-refractivity contribution in [2.75, 3.05) is 13.7 Å². The van der Waals surface area contributed by atoms with Crippen LogP contribution in [0.5, 0.6) is 5.75 Å². The van der Waals surface area contributed by atoms with Gasteiger partial charge in [0, 0.05) is 12.6 Å². The van der Waals surface area contributed by atoms with Crippen LogP contribution in [0.4, 0.5) is 5.69 Å². The monoisotopic (exact) mass is 268 g/mol. The fraction of sp³-hybridized carbons (Fsp3) is 0.273. The van der Waals surface area contributed by atoms with Crippen LogP contribution in [-0.4, -0.2) is 35.6 Å². The molecule has 0 heterocycles. The number of nitro groups is 1. The van der Waals surface area contributed by atoms with E-state index in [2.05, 4.69) is 10.1 Å². The van der Waals surface area contributed by atoms with Crippen molar-refractivity contribution in [3.05, 3.63) is 33.9 Å². The Morgan fingerprint density at radius 1 is 1.47 bits per heavy atom. The van der Waals surface area contributed by atoms with Gasteiger partial charge < -0.3 is 15.2 Å². The summed E-state index contributed by atoms with van der Waals surface area (Å²) < 4.78 is 4.38. The fourth-order valence-electron chi connectivity index (χ4n) is 1.34. The molecule has 0 fully saturated rings. The molecule has 0 saturated carbocycles. The molecule has 0 radical (unpaired) electrons. The molecule has 0 aliphatic heterocycles. The second-order valence-electron chi connectivity index (χ2n) is 3.54. The zero-order chi connectivity index (χ0) is 14.4. The van der Waals surface area contributed by atoms with Crippen molar-refractivity contribution in [3.63, 3.8) is 0 Å². The summed E-state index contributed by atoms with van der Waals surface area (Å²) in [6.07, 6.45) is -0.0468. The largest absolute Gasteiger partial charge is 0.508 e. The molecule has 1 aromatic rings. The number of nitro benzene ring substituents is 1. The van der Waals surface area contributed by atoms with Crippen molar-refractivity contribution in [3.8, 4) is 5.75 Å². The predicted molar refractivity (Wildman–Crippen MR) is 63.7 cm³/mol. The highest BCUT2D eigenvalue weighted by molar-refractivity contribution is 5.98. The van der Waals surface area contributed by atoms with E-state index in [0.717, 1.165) is 18.2 Å². The Labute approximate surface area is 108 Å². The van der Waals surface area contributed by atoms with Gasteiger partial charge in [0.2, 0.25) is 0 Å². The number of phenolic OH excluding ortho intramolecular Hbond substituents is 1. The molecule has 0 aliphatic carbocycles. The van der Waals surface area contributed by atoms with Gasteiger partial charge in [0.05, 0.1) is 18.5 Å². The standard InChI is InChI=1S/C11H12N2O6/c1-19-10(15)4-5-12-11(16)8-6-7(14)2-3-9(8)13(17)18/h2-3,6,14H,4-5H2,1H3,(H,12,16). The van der Waals surface area contributed by atoms with Crippen LogP contribution in [0.2, 0.25) is 0 Å². The number of methoxy groups -OCH3 is 1. The first-order chi connectivity index (χ1) is 8.95. The van der Waals surface area contributed by atoms with E-state index < -0.39 is 22.5 Å². The Balaban J connectivity index is 2.78. The van der Waals surface area contributed by atoms with E-state index in [1.54, 1.807) is 0 Å². The van der Waals surface area contributed by atoms with E-state index >= 15 is 0 Å². The predicted octanol–water partition coefficient (Wildman–Crippen LogP) is 0.593. The van der Waals surface area contributed by atoms with Gasteiger partial charge in [0.15, 0.2) is 0 Å². The molecule has 0 aliphatic rings. The van der Waals surface area contributed by atoms with Crippen LogP contribution in [0.25, 0.3) is 0 Å². The number of hydrogen-bond acceptors (Lipinski definition) is 6. The number of carbonyl (C=O) groups is 2. The molecule has 0 aromatic heterocycles. The summed E-state index contributed by atoms with van der Waals surface area (Å²) >= 11 is 0. The molecule has 0 spiro atoms. The second kappa shape index (κ2) is 6.34. The lowest BCUT2D eigenvalue weighted by atomic mass is 10.1. The third kappa shape index (κ3) is 3.95. The van der Waals surface area contributed by atoms with E-state index in [-0.39, 0.29) is 24.3 Å². The van der Waals surface area contributed by atoms with Gasteiger partial charge in [-0.1, -0.05) is 0 Å². The highest BCUT2D eigenvalue weighted by Crippen LogP contribution is 2.22. The number of benzene rings is 1. The molecule has 0 unspecified atom stereocenters. The number of nitrogens with zero attached hydrogens (tertiary/aromatic N) is 1. The minimum atomic E-state index is -0.744. The smallest absolute Gasteiger partial charge is 0.307 e. The van der Waals surface area contributed by atoms with Gasteiger partial charge in [-0.2, -0.15) is 0 Å². The zero-order valence-corrected chi connectivity index (χ0v) is 10.1. The molecule has 0 bridgehead atoms. The van der Waals surface area contributed by atoms with Gasteiger partial charge in [-0.3, -0.25) is 19.7 Å². The maximum Gasteiger partial charge on any atom is 0.307 e. The van der Waals surface area contributed by atoms with Crippen molar-refractivity contribution in [2.45, 2.75) is 6.42 Å². The zero-order valence-electron chi connectivity index (χ0n) is 10.1. The summed E-state index contributed by atoms with van der Waals surface area (Å²) in [4.78, 5) is 32.6. The minimum absolute atomic E-state index is 0.0156. The first-order valence-electron chi connectivity index (χ1n) is 5.28. The maximum absolute atomic E-state index is 11.7. The van der Waals surface area contributed by atoms with Gasteiger partial charge in [0.1, 0.15) is 11.3 Å². The van der Waals surface area contributed by atoms with E-state index in [1.165, 1.54) is 7.11 Å². The number of phenols is 1. The van der Waals surface area contributed by atoms with Crippen LogP contribution in [0.15, 0.2) is 18.2 Å². The van der Waals surface area contributed by atoms with Gasteiger partial charge in [-0.25, -0.2) is 0 Å². The number of ether oxygens (including phenoxy) is 1. The Kier molecular flexibility index (Phi) is 4.81. The molecule has 1 amide bonds. The average molecular weight is 268 g/mol. The Hall–Kier alpha value is -2.64. The van der Waals surface area contributed by atoms with Crippen LogP contribution in [-0.2, 0) is 9.53 Å². The summed E-state index contributed by atoms with van der Waals surface area (Å²) in [5, 5.41) is 22.3. The lowest BCUT2D eigenvalue weighted by Gasteiger charge is -2.05. The first kappa shape index (κ1) is 14.4. The van der Waals surface area contributed by atoms with E-state index in [1.807, 2.05) is 0 Å². The second-order valence-corrected chi connectivity index (χ2v) is 3.54. The average Bonchev–Trinajstić information content (AvgIpc) is 2.37. The first-order valence-corrected chi connectivity index (χ1v) is 5.28. The quantitative estimate of drug-likeness (QED) is 0.458. The van der Waals surface area contributed by atoms with Gasteiger partial charge in [0.25, 0.3) is 11.6 Å². The number of rotatable bonds is 5. The molecule has 2 N–H and O–H groups in total. The summed E-state index contributed by atoms with van der Waals surface area (Å²) in [7, 11) is 1.21.